The zero-order valence-electron chi connectivity index (χ0n) is 7.61. The van der Waals surface area contributed by atoms with Crippen molar-refractivity contribution in [1.82, 2.24) is 0 Å². The van der Waals surface area contributed by atoms with Gasteiger partial charge in [0.2, 0.25) is 0 Å². The first kappa shape index (κ1) is 10.1. The fourth-order valence-corrected chi connectivity index (χ4v) is 1.60. The van der Waals surface area contributed by atoms with E-state index in [0.717, 1.165) is 12.1 Å². The predicted octanol–water partition coefficient (Wildman–Crippen LogP) is 2.73. The van der Waals surface area contributed by atoms with Crippen LogP contribution in [0.3, 0.4) is 0 Å². The molecule has 0 N–H and O–H groups in total. The molecule has 2 rings (SSSR count). The zero-order valence-corrected chi connectivity index (χ0v) is 7.61. The number of halogens is 4. The van der Waals surface area contributed by atoms with E-state index in [1.165, 1.54) is 6.07 Å². The molecule has 0 fully saturated rings. The Morgan fingerprint density at radius 2 is 1.93 bits per heavy atom. The highest BCUT2D eigenvalue weighted by Crippen LogP contribution is 2.28. The summed E-state index contributed by atoms with van der Waals surface area (Å²) in [6, 6.07) is 3.43. The van der Waals surface area contributed by atoms with Crippen LogP contribution in [0.5, 0.6) is 0 Å². The van der Waals surface area contributed by atoms with Gasteiger partial charge >= 0.3 is 6.18 Å². The highest BCUT2D eigenvalue weighted by Gasteiger charge is 2.38. The van der Waals surface area contributed by atoms with Crippen LogP contribution in [0, 0.1) is 5.82 Å². The molecule has 0 aromatic heterocycles. The van der Waals surface area contributed by atoms with Gasteiger partial charge in [0.1, 0.15) is 11.5 Å². The minimum atomic E-state index is -4.51. The average molecular weight is 217 g/mol. The first-order valence-corrected chi connectivity index (χ1v) is 4.39. The van der Waals surface area contributed by atoms with E-state index in [9.17, 15) is 17.6 Å². The van der Waals surface area contributed by atoms with Gasteiger partial charge in [-0.05, 0) is 24.1 Å². The molecule has 1 aliphatic heterocycles. The van der Waals surface area contributed by atoms with Crippen LogP contribution < -0.4 is 0 Å². The van der Waals surface area contributed by atoms with Crippen molar-refractivity contribution in [2.75, 3.05) is 6.54 Å². The number of benzene rings is 1. The molecule has 0 amide bonds. The summed E-state index contributed by atoms with van der Waals surface area (Å²) in [6.07, 6.45) is -4.09. The molecule has 0 radical (unpaired) electrons. The van der Waals surface area contributed by atoms with Crippen LogP contribution in [0.1, 0.15) is 11.1 Å². The van der Waals surface area contributed by atoms with Gasteiger partial charge in [0.15, 0.2) is 0 Å². The molecule has 0 aliphatic carbocycles. The van der Waals surface area contributed by atoms with Crippen LogP contribution in [-0.2, 0) is 6.42 Å². The monoisotopic (exact) mass is 217 g/mol. The topological polar surface area (TPSA) is 12.4 Å². The summed E-state index contributed by atoms with van der Waals surface area (Å²) in [5.74, 6) is -0.674. The molecule has 0 saturated heterocycles. The third-order valence-corrected chi connectivity index (χ3v) is 2.25. The Morgan fingerprint density at radius 1 is 1.20 bits per heavy atom. The average Bonchev–Trinajstić information content (AvgIpc) is 2.15. The molecule has 15 heavy (non-hydrogen) atoms. The van der Waals surface area contributed by atoms with Crippen molar-refractivity contribution in [3.05, 3.63) is 35.1 Å². The highest BCUT2D eigenvalue weighted by molar-refractivity contribution is 6.06. The molecule has 0 atom stereocenters. The van der Waals surface area contributed by atoms with Gasteiger partial charge in [0, 0.05) is 12.1 Å². The summed E-state index contributed by atoms with van der Waals surface area (Å²) in [4.78, 5) is 3.41. The first-order valence-electron chi connectivity index (χ1n) is 4.39. The quantitative estimate of drug-likeness (QED) is 0.592. The Labute approximate surface area is 83.4 Å². The normalized spacial score (nSPS) is 15.9. The van der Waals surface area contributed by atoms with Crippen LogP contribution in [0.15, 0.2) is 23.2 Å². The number of hydrogen-bond donors (Lipinski definition) is 0. The minimum absolute atomic E-state index is 0.105. The summed E-state index contributed by atoms with van der Waals surface area (Å²) in [7, 11) is 0. The number of fused-ring (bicyclic) bond motifs is 1. The van der Waals surface area contributed by atoms with E-state index in [1.54, 1.807) is 0 Å². The fourth-order valence-electron chi connectivity index (χ4n) is 1.60. The van der Waals surface area contributed by atoms with Gasteiger partial charge in [-0.2, -0.15) is 13.2 Å². The first-order chi connectivity index (χ1) is 6.98. The van der Waals surface area contributed by atoms with E-state index in [-0.39, 0.29) is 12.1 Å². The molecule has 0 spiro atoms. The standard InChI is InChI=1S/C10H7F4N/c11-7-2-1-6-3-4-15-9(8(6)5-7)10(12,13)14/h1-2,5H,3-4H2. The molecular weight excluding hydrogens is 210 g/mol. The molecule has 80 valence electrons. The molecule has 0 unspecified atom stereocenters. The van der Waals surface area contributed by atoms with Gasteiger partial charge in [-0.3, -0.25) is 4.99 Å². The Morgan fingerprint density at radius 3 is 2.60 bits per heavy atom. The van der Waals surface area contributed by atoms with Crippen LogP contribution in [0.25, 0.3) is 0 Å². The van der Waals surface area contributed by atoms with Gasteiger partial charge in [0.05, 0.1) is 0 Å². The maximum Gasteiger partial charge on any atom is 0.433 e. The smallest absolute Gasteiger partial charge is 0.280 e. The number of nitrogens with zero attached hydrogens (tertiary/aromatic N) is 1. The molecule has 0 bridgehead atoms. The predicted molar refractivity (Wildman–Crippen MR) is 47.6 cm³/mol. The summed E-state index contributed by atoms with van der Waals surface area (Å²) in [5.41, 5.74) is -0.601. The maximum atomic E-state index is 12.8. The van der Waals surface area contributed by atoms with Crippen molar-refractivity contribution >= 4 is 5.71 Å². The fraction of sp³-hybridized carbons (Fsp3) is 0.300. The zero-order chi connectivity index (χ0) is 11.1. The summed E-state index contributed by atoms with van der Waals surface area (Å²) in [6.45, 7) is 0.105. The third-order valence-electron chi connectivity index (χ3n) is 2.25. The van der Waals surface area contributed by atoms with Gasteiger partial charge in [-0.15, -0.1) is 0 Å². The lowest BCUT2D eigenvalue weighted by Crippen LogP contribution is -2.28. The Bertz CT molecular complexity index is 420. The van der Waals surface area contributed by atoms with E-state index in [1.807, 2.05) is 0 Å². The molecule has 1 heterocycles. The Balaban J connectivity index is 2.54. The second-order valence-corrected chi connectivity index (χ2v) is 3.28. The molecule has 1 nitrogen and oxygen atoms in total. The summed E-state index contributed by atoms with van der Waals surface area (Å²) in [5, 5.41) is 0. The lowest BCUT2D eigenvalue weighted by Gasteiger charge is -2.18. The van der Waals surface area contributed by atoms with Crippen LogP contribution in [0.2, 0.25) is 0 Å². The minimum Gasteiger partial charge on any atom is -0.280 e. The van der Waals surface area contributed by atoms with E-state index in [0.29, 0.717) is 12.0 Å². The van der Waals surface area contributed by atoms with Crippen molar-refractivity contribution in [2.24, 2.45) is 4.99 Å². The molecule has 1 aliphatic rings. The lowest BCUT2D eigenvalue weighted by molar-refractivity contribution is -0.0584. The maximum absolute atomic E-state index is 12.8. The number of aliphatic imine (C=N–C) groups is 1. The second kappa shape index (κ2) is 3.32. The van der Waals surface area contributed by atoms with E-state index >= 15 is 0 Å². The van der Waals surface area contributed by atoms with Crippen molar-refractivity contribution < 1.29 is 17.6 Å². The Hall–Kier alpha value is -1.39. The van der Waals surface area contributed by atoms with Gasteiger partial charge in [0.25, 0.3) is 0 Å². The number of alkyl halides is 3. The van der Waals surface area contributed by atoms with Crippen LogP contribution >= 0.6 is 0 Å². The number of rotatable bonds is 0. The third kappa shape index (κ3) is 1.86. The molecule has 0 saturated carbocycles. The van der Waals surface area contributed by atoms with Gasteiger partial charge in [-0.25, -0.2) is 4.39 Å². The van der Waals surface area contributed by atoms with E-state index < -0.39 is 17.7 Å². The number of hydrogen-bond acceptors (Lipinski definition) is 1. The molecule has 1 aromatic carbocycles. The van der Waals surface area contributed by atoms with Gasteiger partial charge in [-0.1, -0.05) is 6.07 Å². The molecule has 5 heteroatoms. The van der Waals surface area contributed by atoms with Crippen LogP contribution in [0.4, 0.5) is 17.6 Å². The Kier molecular flexibility index (Phi) is 2.25. The molecule has 1 aromatic rings. The molecular formula is C10H7F4N. The van der Waals surface area contributed by atoms with E-state index in [4.69, 9.17) is 0 Å². The largest absolute Gasteiger partial charge is 0.433 e. The van der Waals surface area contributed by atoms with Crippen LogP contribution in [-0.4, -0.2) is 18.4 Å². The SMILES string of the molecule is Fc1ccc2c(c1)C(C(F)(F)F)=NCC2. The van der Waals surface area contributed by atoms with Crippen molar-refractivity contribution in [3.63, 3.8) is 0 Å². The highest BCUT2D eigenvalue weighted by atomic mass is 19.4. The lowest BCUT2D eigenvalue weighted by atomic mass is 9.97. The van der Waals surface area contributed by atoms with E-state index in [2.05, 4.69) is 4.99 Å². The van der Waals surface area contributed by atoms with Gasteiger partial charge < -0.3 is 0 Å². The van der Waals surface area contributed by atoms with Crippen molar-refractivity contribution in [1.29, 1.82) is 0 Å². The second-order valence-electron chi connectivity index (χ2n) is 3.28. The van der Waals surface area contributed by atoms with Crippen molar-refractivity contribution in [3.8, 4) is 0 Å². The summed E-state index contributed by atoms with van der Waals surface area (Å²) >= 11 is 0. The van der Waals surface area contributed by atoms with Crippen molar-refractivity contribution in [2.45, 2.75) is 12.6 Å². The summed E-state index contributed by atoms with van der Waals surface area (Å²) < 4.78 is 50.3.